The summed E-state index contributed by atoms with van der Waals surface area (Å²) in [6, 6.07) is 0. The highest BCUT2D eigenvalue weighted by molar-refractivity contribution is 4.64. The predicted molar refractivity (Wildman–Crippen MR) is 376 cm³/mol. The molecule has 0 aromatic carbocycles. The lowest BCUT2D eigenvalue weighted by Gasteiger charge is -2.22. The molecule has 1 fully saturated rings. The zero-order valence-corrected chi connectivity index (χ0v) is 63.2. The van der Waals surface area contributed by atoms with Crippen molar-refractivity contribution in [1.82, 2.24) is 0 Å². The molecular formula is C77H174. The third kappa shape index (κ3) is 143. The van der Waals surface area contributed by atoms with Crippen molar-refractivity contribution in [1.29, 1.82) is 0 Å². The van der Waals surface area contributed by atoms with Crippen LogP contribution in [0, 0.1) is 81.3 Å². The quantitative estimate of drug-likeness (QED) is 0.0948. The molecule has 0 aromatic rings. The molecule has 0 heterocycles. The van der Waals surface area contributed by atoms with E-state index in [0.29, 0.717) is 16.2 Å². The second-order valence-corrected chi connectivity index (χ2v) is 30.8. The Hall–Kier alpha value is 0. The summed E-state index contributed by atoms with van der Waals surface area (Å²) in [4.78, 5) is 0. The average Bonchev–Trinajstić information content (AvgIpc) is 3.78. The van der Waals surface area contributed by atoms with E-state index < -0.39 is 0 Å². The van der Waals surface area contributed by atoms with Crippen molar-refractivity contribution in [3.8, 4) is 0 Å². The first-order valence-corrected chi connectivity index (χ1v) is 35.2. The van der Waals surface area contributed by atoms with Gasteiger partial charge in [0.05, 0.1) is 0 Å². The number of rotatable bonds is 22. The highest BCUT2D eigenvalue weighted by Gasteiger charge is 2.14. The molecule has 3 atom stereocenters. The smallest absolute Gasteiger partial charge is 0.0360 e. The molecule has 0 aliphatic heterocycles. The Morgan fingerprint density at radius 1 is 0.338 bits per heavy atom. The van der Waals surface area contributed by atoms with E-state index in [1.54, 1.807) is 0 Å². The molecule has 0 radical (unpaired) electrons. The minimum absolute atomic E-state index is 0.500. The van der Waals surface area contributed by atoms with E-state index >= 15 is 0 Å². The summed E-state index contributed by atoms with van der Waals surface area (Å²) in [6.07, 6.45) is 36.0. The lowest BCUT2D eigenvalue weighted by Crippen LogP contribution is -2.12. The average molecular weight is 1100 g/mol. The van der Waals surface area contributed by atoms with Gasteiger partial charge in [0.25, 0.3) is 0 Å². The van der Waals surface area contributed by atoms with Gasteiger partial charge in [-0.05, 0) is 101 Å². The summed E-state index contributed by atoms with van der Waals surface area (Å²) in [6.45, 7) is 83.9. The second kappa shape index (κ2) is 72.1. The Kier molecular flexibility index (Phi) is 92.8. The van der Waals surface area contributed by atoms with Crippen LogP contribution in [0.5, 0.6) is 0 Å². The Morgan fingerprint density at radius 2 is 0.636 bits per heavy atom. The zero-order chi connectivity index (χ0) is 63.2. The third-order valence-electron chi connectivity index (χ3n) is 14.7. The minimum atomic E-state index is 0.500. The molecule has 1 rings (SSSR count). The van der Waals surface area contributed by atoms with Crippen LogP contribution in [-0.4, -0.2) is 0 Å². The van der Waals surface area contributed by atoms with Crippen molar-refractivity contribution in [2.75, 3.05) is 0 Å². The van der Waals surface area contributed by atoms with Crippen LogP contribution >= 0.6 is 0 Å². The van der Waals surface area contributed by atoms with Gasteiger partial charge in [-0.25, -0.2) is 0 Å². The summed E-state index contributed by atoms with van der Waals surface area (Å²) < 4.78 is 0. The fourth-order valence-electron chi connectivity index (χ4n) is 7.39. The van der Waals surface area contributed by atoms with Gasteiger partial charge in [0.2, 0.25) is 0 Å². The third-order valence-corrected chi connectivity index (χ3v) is 14.7. The maximum atomic E-state index is 2.34. The standard InChI is InChI=1S/C8H18.9C7H16.C6H12/c1-7(2)5-6-8(3)4;1-6(2)7(3,4)5;1-6(2)5-7(3)4;2*1-5-6-7(2,3)4;1-5-7(4)6(2)3;1-4-5-6-7(2)3;2*1-4-6-7(3)5-2;1-3-5-7-6-4-2;1-6-4-2-3-5-6/h7-8H,5-6H2,1-4H3;6H,1-5H3;6-7H,5H2,1-4H3;2*5-6H2,1-4H3;6-7H,5H2,1-4H3;3*7H,4-6H2,1-3H3;3-7H2,1-2H3;6H,2-5H2,1H3/t;;;;;7-;;7-;;;/m.....0.1.../s1. The van der Waals surface area contributed by atoms with Gasteiger partial charge in [-0.1, -0.05) is 404 Å². The zero-order valence-electron chi connectivity index (χ0n) is 63.2. The molecule has 0 nitrogen and oxygen atoms in total. The van der Waals surface area contributed by atoms with Crippen LogP contribution in [0.4, 0.5) is 0 Å². The number of hydrogen-bond acceptors (Lipinski definition) is 0. The Bertz CT molecular complexity index is 871. The molecule has 0 bridgehead atoms. The molecule has 0 heteroatoms. The highest BCUT2D eigenvalue weighted by Crippen LogP contribution is 2.24. The first kappa shape index (κ1) is 99.1. The van der Waals surface area contributed by atoms with E-state index in [0.717, 1.165) is 65.1 Å². The fraction of sp³-hybridized carbons (Fsp3) is 1.00. The highest BCUT2D eigenvalue weighted by atomic mass is 14.2. The van der Waals surface area contributed by atoms with Gasteiger partial charge in [0, 0.05) is 0 Å². The SMILES string of the molecule is CC(C)C(C)(C)C.CC(C)CC(C)C.CC(C)CCC(C)C.CC1CCCC1.CCCC(C)(C)C.CCCC(C)(C)C.CCCC(C)CC.CCCCC(C)C.CCCCCCC.CCC[C@H](C)CC.CC[C@H](C)C(C)C. The summed E-state index contributed by atoms with van der Waals surface area (Å²) in [5.74, 6) is 9.94. The lowest BCUT2D eigenvalue weighted by atomic mass is 9.84. The van der Waals surface area contributed by atoms with Gasteiger partial charge < -0.3 is 0 Å². The van der Waals surface area contributed by atoms with Crippen molar-refractivity contribution in [3.05, 3.63) is 0 Å². The van der Waals surface area contributed by atoms with E-state index in [9.17, 15) is 0 Å². The van der Waals surface area contributed by atoms with E-state index in [1.165, 1.54) is 167 Å². The molecular weight excluding hydrogens is 925 g/mol. The van der Waals surface area contributed by atoms with Gasteiger partial charge in [-0.3, -0.25) is 0 Å². The van der Waals surface area contributed by atoms with Crippen LogP contribution < -0.4 is 0 Å². The van der Waals surface area contributed by atoms with Gasteiger partial charge in [0.15, 0.2) is 0 Å². The Balaban J connectivity index is -0.0000000802. The van der Waals surface area contributed by atoms with Crippen LogP contribution in [0.25, 0.3) is 0 Å². The maximum Gasteiger partial charge on any atom is -0.0360 e. The topological polar surface area (TPSA) is 0 Å². The van der Waals surface area contributed by atoms with Gasteiger partial charge >= 0.3 is 0 Å². The summed E-state index contributed by atoms with van der Waals surface area (Å²) in [7, 11) is 0. The van der Waals surface area contributed by atoms with Crippen LogP contribution in [0.2, 0.25) is 0 Å². The van der Waals surface area contributed by atoms with E-state index in [2.05, 4.69) is 256 Å². The van der Waals surface area contributed by atoms with Crippen molar-refractivity contribution >= 4 is 0 Å². The monoisotopic (exact) mass is 1100 g/mol. The van der Waals surface area contributed by atoms with Crippen LogP contribution in [0.1, 0.15) is 423 Å². The molecule has 0 N–H and O–H groups in total. The summed E-state index contributed by atoms with van der Waals surface area (Å²) >= 11 is 0. The molecule has 0 saturated heterocycles. The van der Waals surface area contributed by atoms with Crippen LogP contribution in [-0.2, 0) is 0 Å². The minimum Gasteiger partial charge on any atom is -0.0654 e. The maximum absolute atomic E-state index is 2.34. The van der Waals surface area contributed by atoms with Gasteiger partial charge in [-0.15, -0.1) is 0 Å². The largest absolute Gasteiger partial charge is 0.0654 e. The second-order valence-electron chi connectivity index (χ2n) is 30.8. The molecule has 482 valence electrons. The molecule has 0 amide bonds. The summed E-state index contributed by atoms with van der Waals surface area (Å²) in [5, 5.41) is 0. The molecule has 1 aliphatic carbocycles. The molecule has 77 heavy (non-hydrogen) atoms. The van der Waals surface area contributed by atoms with Crippen LogP contribution in [0.3, 0.4) is 0 Å². The molecule has 1 aliphatic rings. The van der Waals surface area contributed by atoms with E-state index in [1.807, 2.05) is 0 Å². The number of hydrogen-bond donors (Lipinski definition) is 0. The van der Waals surface area contributed by atoms with Crippen LogP contribution in [0.15, 0.2) is 0 Å². The fourth-order valence-corrected chi connectivity index (χ4v) is 7.39. The van der Waals surface area contributed by atoms with E-state index in [4.69, 9.17) is 0 Å². The molecule has 0 spiro atoms. The molecule has 1 unspecified atom stereocenters. The summed E-state index contributed by atoms with van der Waals surface area (Å²) in [5.41, 5.74) is 1.60. The Morgan fingerprint density at radius 3 is 0.714 bits per heavy atom. The Labute approximate surface area is 502 Å². The van der Waals surface area contributed by atoms with Crippen molar-refractivity contribution in [2.24, 2.45) is 81.3 Å². The first-order valence-electron chi connectivity index (χ1n) is 35.2. The first-order chi connectivity index (χ1) is 35.2. The van der Waals surface area contributed by atoms with Crippen molar-refractivity contribution in [3.63, 3.8) is 0 Å². The lowest BCUT2D eigenvalue weighted by molar-refractivity contribution is 0.283. The van der Waals surface area contributed by atoms with Crippen molar-refractivity contribution < 1.29 is 0 Å². The van der Waals surface area contributed by atoms with Gasteiger partial charge in [0.1, 0.15) is 0 Å². The molecule has 0 aromatic heterocycles. The molecule has 1 saturated carbocycles. The van der Waals surface area contributed by atoms with E-state index in [-0.39, 0.29) is 0 Å². The van der Waals surface area contributed by atoms with Gasteiger partial charge in [-0.2, -0.15) is 0 Å². The number of unbranched alkanes of at least 4 members (excludes halogenated alkanes) is 5. The predicted octanol–water partition coefficient (Wildman–Crippen LogP) is 30.5. The normalized spacial score (nSPS) is 13.2. The van der Waals surface area contributed by atoms with Crippen molar-refractivity contribution in [2.45, 2.75) is 423 Å².